The number of benzene rings is 1. The van der Waals surface area contributed by atoms with E-state index in [1.54, 1.807) is 11.3 Å². The van der Waals surface area contributed by atoms with Crippen LogP contribution in [0.15, 0.2) is 29.6 Å². The molecule has 72 valence electrons. The molecule has 2 aromatic rings. The number of hydrogen-bond donors (Lipinski definition) is 1. The summed E-state index contributed by atoms with van der Waals surface area (Å²) in [4.78, 5) is 4.43. The first-order valence-corrected chi connectivity index (χ1v) is 5.39. The molecule has 2 N–H and O–H groups in total. The number of thiazole rings is 1. The Labute approximate surface area is 87.4 Å². The minimum Gasteiger partial charge on any atom is -0.325 e. The van der Waals surface area contributed by atoms with Crippen LogP contribution in [0.25, 0.3) is 11.3 Å². The molecular formula is C11H12N2S. The van der Waals surface area contributed by atoms with Crippen molar-refractivity contribution in [1.82, 2.24) is 4.98 Å². The standard InChI is InChI=1S/C11H12N2S/c1-8-3-2-4-9(5-8)10-7-14-11(6-12)13-10/h2-5,7H,6,12H2,1H3. The van der Waals surface area contributed by atoms with Crippen molar-refractivity contribution in [1.29, 1.82) is 0 Å². The number of aromatic nitrogens is 1. The van der Waals surface area contributed by atoms with Crippen LogP contribution in [0.3, 0.4) is 0 Å². The van der Waals surface area contributed by atoms with Gasteiger partial charge in [-0.25, -0.2) is 4.98 Å². The molecule has 1 heterocycles. The topological polar surface area (TPSA) is 38.9 Å². The first kappa shape index (κ1) is 9.37. The van der Waals surface area contributed by atoms with Crippen LogP contribution in [0.2, 0.25) is 0 Å². The molecule has 0 radical (unpaired) electrons. The van der Waals surface area contributed by atoms with E-state index in [-0.39, 0.29) is 0 Å². The van der Waals surface area contributed by atoms with Crippen LogP contribution in [0, 0.1) is 6.92 Å². The van der Waals surface area contributed by atoms with E-state index in [9.17, 15) is 0 Å². The fourth-order valence-corrected chi connectivity index (χ4v) is 2.03. The first-order valence-electron chi connectivity index (χ1n) is 4.51. The van der Waals surface area contributed by atoms with Gasteiger partial charge in [-0.3, -0.25) is 0 Å². The molecular weight excluding hydrogens is 192 g/mol. The lowest BCUT2D eigenvalue weighted by molar-refractivity contribution is 1.04. The molecule has 0 atom stereocenters. The molecule has 0 amide bonds. The van der Waals surface area contributed by atoms with E-state index in [0.717, 1.165) is 10.7 Å². The summed E-state index contributed by atoms with van der Waals surface area (Å²) in [5.74, 6) is 0. The van der Waals surface area contributed by atoms with Crippen LogP contribution >= 0.6 is 11.3 Å². The second kappa shape index (κ2) is 3.90. The molecule has 2 rings (SSSR count). The molecule has 0 aliphatic carbocycles. The molecule has 1 aromatic heterocycles. The number of rotatable bonds is 2. The van der Waals surface area contributed by atoms with Gasteiger partial charge in [0.2, 0.25) is 0 Å². The minimum atomic E-state index is 0.524. The average Bonchev–Trinajstić information content (AvgIpc) is 2.66. The van der Waals surface area contributed by atoms with Crippen molar-refractivity contribution < 1.29 is 0 Å². The Hall–Kier alpha value is -1.19. The maximum absolute atomic E-state index is 5.52. The molecule has 0 bridgehead atoms. The van der Waals surface area contributed by atoms with Gasteiger partial charge in [-0.1, -0.05) is 23.8 Å². The Morgan fingerprint density at radius 1 is 1.43 bits per heavy atom. The average molecular weight is 204 g/mol. The largest absolute Gasteiger partial charge is 0.325 e. The summed E-state index contributed by atoms with van der Waals surface area (Å²) >= 11 is 1.61. The molecule has 0 saturated carbocycles. The normalized spacial score (nSPS) is 10.4. The van der Waals surface area contributed by atoms with Crippen LogP contribution in [0.1, 0.15) is 10.6 Å². The van der Waals surface area contributed by atoms with E-state index in [1.807, 2.05) is 6.07 Å². The summed E-state index contributed by atoms with van der Waals surface area (Å²) in [6, 6.07) is 8.34. The lowest BCUT2D eigenvalue weighted by Gasteiger charge is -1.97. The smallest absolute Gasteiger partial charge is 0.107 e. The van der Waals surface area contributed by atoms with E-state index in [2.05, 4.69) is 35.5 Å². The summed E-state index contributed by atoms with van der Waals surface area (Å²) in [6.07, 6.45) is 0. The van der Waals surface area contributed by atoms with E-state index in [0.29, 0.717) is 6.54 Å². The van der Waals surface area contributed by atoms with Gasteiger partial charge in [0, 0.05) is 17.5 Å². The van der Waals surface area contributed by atoms with Crippen molar-refractivity contribution in [2.45, 2.75) is 13.5 Å². The van der Waals surface area contributed by atoms with Gasteiger partial charge >= 0.3 is 0 Å². The van der Waals surface area contributed by atoms with Gasteiger partial charge < -0.3 is 5.73 Å². The molecule has 14 heavy (non-hydrogen) atoms. The quantitative estimate of drug-likeness (QED) is 0.816. The van der Waals surface area contributed by atoms with Crippen molar-refractivity contribution in [2.24, 2.45) is 5.73 Å². The lowest BCUT2D eigenvalue weighted by Crippen LogP contribution is -1.94. The van der Waals surface area contributed by atoms with Gasteiger partial charge in [-0.15, -0.1) is 11.3 Å². The molecule has 0 unspecified atom stereocenters. The molecule has 0 aliphatic heterocycles. The van der Waals surface area contributed by atoms with Crippen molar-refractivity contribution in [2.75, 3.05) is 0 Å². The Morgan fingerprint density at radius 3 is 2.93 bits per heavy atom. The van der Waals surface area contributed by atoms with E-state index in [4.69, 9.17) is 5.73 Å². The zero-order chi connectivity index (χ0) is 9.97. The predicted octanol–water partition coefficient (Wildman–Crippen LogP) is 2.58. The third kappa shape index (κ3) is 1.84. The molecule has 2 nitrogen and oxygen atoms in total. The number of aryl methyl sites for hydroxylation is 1. The van der Waals surface area contributed by atoms with Crippen LogP contribution in [-0.2, 0) is 6.54 Å². The highest BCUT2D eigenvalue weighted by Crippen LogP contribution is 2.22. The Balaban J connectivity index is 2.39. The highest BCUT2D eigenvalue weighted by molar-refractivity contribution is 7.09. The van der Waals surface area contributed by atoms with Crippen molar-refractivity contribution in [3.63, 3.8) is 0 Å². The lowest BCUT2D eigenvalue weighted by atomic mass is 10.1. The third-order valence-electron chi connectivity index (χ3n) is 2.04. The fraction of sp³-hybridized carbons (Fsp3) is 0.182. The minimum absolute atomic E-state index is 0.524. The van der Waals surface area contributed by atoms with E-state index < -0.39 is 0 Å². The van der Waals surface area contributed by atoms with Gasteiger partial charge in [-0.05, 0) is 13.0 Å². The van der Waals surface area contributed by atoms with Crippen LogP contribution in [0.5, 0.6) is 0 Å². The fourth-order valence-electron chi connectivity index (χ4n) is 1.34. The van der Waals surface area contributed by atoms with Crippen molar-refractivity contribution in [3.8, 4) is 11.3 Å². The SMILES string of the molecule is Cc1cccc(-c2csc(CN)n2)c1. The highest BCUT2D eigenvalue weighted by Gasteiger charge is 2.02. The zero-order valence-corrected chi connectivity index (χ0v) is 8.84. The number of nitrogens with zero attached hydrogens (tertiary/aromatic N) is 1. The third-order valence-corrected chi connectivity index (χ3v) is 2.91. The Morgan fingerprint density at radius 2 is 2.29 bits per heavy atom. The van der Waals surface area contributed by atoms with E-state index >= 15 is 0 Å². The zero-order valence-electron chi connectivity index (χ0n) is 8.03. The van der Waals surface area contributed by atoms with Crippen LogP contribution < -0.4 is 5.73 Å². The summed E-state index contributed by atoms with van der Waals surface area (Å²) < 4.78 is 0. The Kier molecular flexibility index (Phi) is 2.61. The van der Waals surface area contributed by atoms with Gasteiger partial charge in [-0.2, -0.15) is 0 Å². The second-order valence-electron chi connectivity index (χ2n) is 3.20. The van der Waals surface area contributed by atoms with Crippen LogP contribution in [0.4, 0.5) is 0 Å². The number of nitrogens with two attached hydrogens (primary N) is 1. The van der Waals surface area contributed by atoms with Crippen LogP contribution in [-0.4, -0.2) is 4.98 Å². The van der Waals surface area contributed by atoms with Crippen molar-refractivity contribution in [3.05, 3.63) is 40.2 Å². The van der Waals surface area contributed by atoms with E-state index in [1.165, 1.54) is 11.1 Å². The summed E-state index contributed by atoms with van der Waals surface area (Å²) in [6.45, 7) is 2.61. The van der Waals surface area contributed by atoms with Gasteiger partial charge in [0.05, 0.1) is 5.69 Å². The molecule has 0 fully saturated rings. The molecule has 0 spiro atoms. The molecule has 3 heteroatoms. The van der Waals surface area contributed by atoms with Gasteiger partial charge in [0.1, 0.15) is 5.01 Å². The van der Waals surface area contributed by atoms with Gasteiger partial charge in [0.15, 0.2) is 0 Å². The monoisotopic (exact) mass is 204 g/mol. The van der Waals surface area contributed by atoms with Crippen molar-refractivity contribution >= 4 is 11.3 Å². The maximum atomic E-state index is 5.52. The second-order valence-corrected chi connectivity index (χ2v) is 4.14. The molecule has 0 saturated heterocycles. The Bertz CT molecular complexity index is 434. The summed E-state index contributed by atoms with van der Waals surface area (Å²) in [5.41, 5.74) is 8.97. The highest BCUT2D eigenvalue weighted by atomic mass is 32.1. The summed E-state index contributed by atoms with van der Waals surface area (Å²) in [7, 11) is 0. The maximum Gasteiger partial charge on any atom is 0.107 e. The molecule has 1 aromatic carbocycles. The predicted molar refractivity (Wildman–Crippen MR) is 60.2 cm³/mol. The number of hydrogen-bond acceptors (Lipinski definition) is 3. The molecule has 0 aliphatic rings. The summed E-state index contributed by atoms with van der Waals surface area (Å²) in [5, 5.41) is 3.04. The first-order chi connectivity index (χ1) is 6.79. The van der Waals surface area contributed by atoms with Gasteiger partial charge in [0.25, 0.3) is 0 Å².